The molecule has 0 radical (unpaired) electrons. The van der Waals surface area contributed by atoms with Gasteiger partial charge in [-0.05, 0) is 62.8 Å². The molecule has 8 nitrogen and oxygen atoms in total. The standard InChI is InChI=1S/C21H25ClN2O6/c1-12-3-16(24(27)28)17(29-2)5-15(12)23-18(25)10-30-19(26)20-6-13-4-14(7-20)9-21(22,8-13)11-20/h3,5,13-14H,4,6-11H2,1-2H3,(H,23,25)/t13-,14-,20?,21?/m0/s1. The second kappa shape index (κ2) is 7.41. The van der Waals surface area contributed by atoms with Crippen LogP contribution < -0.4 is 10.1 Å². The molecule has 0 unspecified atom stereocenters. The number of nitro groups is 1. The van der Waals surface area contributed by atoms with E-state index in [1.54, 1.807) is 6.92 Å². The lowest BCUT2D eigenvalue weighted by molar-refractivity contribution is -0.385. The lowest BCUT2D eigenvalue weighted by atomic mass is 9.49. The van der Waals surface area contributed by atoms with E-state index in [0.717, 1.165) is 32.1 Å². The zero-order chi connectivity index (χ0) is 21.7. The van der Waals surface area contributed by atoms with Crippen molar-refractivity contribution in [2.24, 2.45) is 17.3 Å². The smallest absolute Gasteiger partial charge is 0.312 e. The van der Waals surface area contributed by atoms with Gasteiger partial charge in [0, 0.05) is 22.7 Å². The van der Waals surface area contributed by atoms with Crippen LogP contribution >= 0.6 is 11.6 Å². The van der Waals surface area contributed by atoms with Gasteiger partial charge in [-0.2, -0.15) is 0 Å². The normalized spacial score (nSPS) is 31.3. The van der Waals surface area contributed by atoms with Gasteiger partial charge in [-0.1, -0.05) is 0 Å². The third-order valence-corrected chi connectivity index (χ3v) is 7.20. The number of aryl methyl sites for hydroxylation is 1. The van der Waals surface area contributed by atoms with Crippen LogP contribution in [-0.2, 0) is 14.3 Å². The maximum absolute atomic E-state index is 12.9. The van der Waals surface area contributed by atoms with Crippen LogP contribution in [0.3, 0.4) is 0 Å². The predicted octanol–water partition coefficient (Wildman–Crippen LogP) is 3.97. The molecule has 4 aliphatic rings. The first-order valence-electron chi connectivity index (χ1n) is 10.1. The van der Waals surface area contributed by atoms with E-state index in [0.29, 0.717) is 29.5 Å². The van der Waals surface area contributed by atoms with Crippen molar-refractivity contribution in [2.75, 3.05) is 19.0 Å². The van der Waals surface area contributed by atoms with E-state index in [9.17, 15) is 19.7 Å². The second-order valence-electron chi connectivity index (χ2n) is 9.11. The molecule has 162 valence electrons. The number of hydrogen-bond acceptors (Lipinski definition) is 6. The fraction of sp³-hybridized carbons (Fsp3) is 0.619. The average molecular weight is 437 g/mol. The fourth-order valence-corrected chi connectivity index (χ4v) is 6.67. The molecule has 4 fully saturated rings. The number of hydrogen-bond donors (Lipinski definition) is 1. The second-order valence-corrected chi connectivity index (χ2v) is 9.91. The number of benzene rings is 1. The number of alkyl halides is 1. The Labute approximate surface area is 179 Å². The first-order valence-corrected chi connectivity index (χ1v) is 10.5. The number of nitro benzene ring substituents is 1. The first-order chi connectivity index (χ1) is 14.1. The Morgan fingerprint density at radius 2 is 1.93 bits per heavy atom. The number of carbonyl (C=O) groups is 2. The number of nitrogens with zero attached hydrogens (tertiary/aromatic N) is 1. The van der Waals surface area contributed by atoms with Gasteiger partial charge in [-0.15, -0.1) is 11.6 Å². The molecule has 1 aromatic carbocycles. The van der Waals surface area contributed by atoms with Gasteiger partial charge in [0.1, 0.15) is 0 Å². The van der Waals surface area contributed by atoms with Crippen LogP contribution in [0, 0.1) is 34.3 Å². The number of rotatable bonds is 6. The maximum Gasteiger partial charge on any atom is 0.312 e. The molecule has 0 spiro atoms. The monoisotopic (exact) mass is 436 g/mol. The minimum atomic E-state index is -0.571. The number of amides is 1. The zero-order valence-electron chi connectivity index (χ0n) is 17.0. The molecule has 9 heteroatoms. The summed E-state index contributed by atoms with van der Waals surface area (Å²) in [5, 5.41) is 13.7. The number of anilines is 1. The molecule has 0 aliphatic heterocycles. The van der Waals surface area contributed by atoms with Crippen molar-refractivity contribution in [1.29, 1.82) is 0 Å². The van der Waals surface area contributed by atoms with E-state index >= 15 is 0 Å². The molecule has 1 aromatic rings. The minimum absolute atomic E-state index is 0.0406. The van der Waals surface area contributed by atoms with E-state index in [-0.39, 0.29) is 22.3 Å². The Morgan fingerprint density at radius 1 is 1.27 bits per heavy atom. The van der Waals surface area contributed by atoms with Crippen molar-refractivity contribution in [3.63, 3.8) is 0 Å². The largest absolute Gasteiger partial charge is 0.490 e. The summed E-state index contributed by atoms with van der Waals surface area (Å²) in [6.45, 7) is 1.23. The number of methoxy groups -OCH3 is 1. The van der Waals surface area contributed by atoms with Gasteiger partial charge in [0.25, 0.3) is 5.91 Å². The highest BCUT2D eigenvalue weighted by Gasteiger charge is 2.60. The van der Waals surface area contributed by atoms with Crippen molar-refractivity contribution in [3.8, 4) is 5.75 Å². The van der Waals surface area contributed by atoms with Crippen LogP contribution in [0.15, 0.2) is 12.1 Å². The number of esters is 1. The highest BCUT2D eigenvalue weighted by Crippen LogP contribution is 2.64. The summed E-state index contributed by atoms with van der Waals surface area (Å²) >= 11 is 6.77. The molecular weight excluding hydrogens is 412 g/mol. The molecule has 1 N–H and O–H groups in total. The van der Waals surface area contributed by atoms with E-state index in [4.69, 9.17) is 21.1 Å². The SMILES string of the molecule is COc1cc(NC(=O)COC(=O)C23C[C@@H]4C[C@H](CC(Cl)(C4)C2)C3)c(C)cc1[N+](=O)[O-]. The van der Waals surface area contributed by atoms with Gasteiger partial charge < -0.3 is 14.8 Å². The summed E-state index contributed by atoms with van der Waals surface area (Å²) in [6, 6.07) is 2.72. The zero-order valence-corrected chi connectivity index (χ0v) is 17.8. The molecule has 4 aliphatic carbocycles. The minimum Gasteiger partial charge on any atom is -0.490 e. The summed E-state index contributed by atoms with van der Waals surface area (Å²) in [6.07, 6.45) is 5.25. The van der Waals surface area contributed by atoms with E-state index < -0.39 is 22.9 Å². The van der Waals surface area contributed by atoms with Crippen molar-refractivity contribution in [2.45, 2.75) is 50.3 Å². The summed E-state index contributed by atoms with van der Waals surface area (Å²) < 4.78 is 10.5. The van der Waals surface area contributed by atoms with Gasteiger partial charge in [0.2, 0.25) is 0 Å². The highest BCUT2D eigenvalue weighted by molar-refractivity contribution is 6.24. The summed E-state index contributed by atoms with van der Waals surface area (Å²) in [4.78, 5) is 35.6. The van der Waals surface area contributed by atoms with Crippen LogP contribution in [0.2, 0.25) is 0 Å². The predicted molar refractivity (Wildman–Crippen MR) is 110 cm³/mol. The molecule has 5 rings (SSSR count). The summed E-state index contributed by atoms with van der Waals surface area (Å²) in [5.74, 6) is 0.113. The molecule has 0 heterocycles. The Balaban J connectivity index is 1.40. The number of ether oxygens (including phenoxy) is 2. The van der Waals surface area contributed by atoms with Gasteiger partial charge in [-0.25, -0.2) is 0 Å². The highest BCUT2D eigenvalue weighted by atomic mass is 35.5. The molecular formula is C21H25ClN2O6. The van der Waals surface area contributed by atoms with Crippen molar-refractivity contribution < 1.29 is 24.0 Å². The molecule has 0 saturated heterocycles. The molecule has 0 aromatic heterocycles. The van der Waals surface area contributed by atoms with Gasteiger partial charge >= 0.3 is 11.7 Å². The summed E-state index contributed by atoms with van der Waals surface area (Å²) in [7, 11) is 1.32. The molecule has 4 bridgehead atoms. The van der Waals surface area contributed by atoms with E-state index in [1.807, 2.05) is 0 Å². The topological polar surface area (TPSA) is 108 Å². The Hall–Kier alpha value is -2.35. The van der Waals surface area contributed by atoms with Crippen LogP contribution in [0.4, 0.5) is 11.4 Å². The fourth-order valence-electron chi connectivity index (χ4n) is 5.97. The lowest BCUT2D eigenvalue weighted by Gasteiger charge is -2.58. The van der Waals surface area contributed by atoms with Crippen LogP contribution in [0.5, 0.6) is 5.75 Å². The van der Waals surface area contributed by atoms with Gasteiger partial charge in [-0.3, -0.25) is 19.7 Å². The van der Waals surface area contributed by atoms with Gasteiger partial charge in [0.15, 0.2) is 12.4 Å². The molecule has 4 saturated carbocycles. The molecule has 1 amide bonds. The first kappa shape index (κ1) is 20.9. The average Bonchev–Trinajstić information content (AvgIpc) is 2.65. The Morgan fingerprint density at radius 3 is 2.50 bits per heavy atom. The lowest BCUT2D eigenvalue weighted by Crippen LogP contribution is -2.56. The van der Waals surface area contributed by atoms with Crippen LogP contribution in [-0.4, -0.2) is 35.4 Å². The third-order valence-electron chi connectivity index (χ3n) is 6.75. The third kappa shape index (κ3) is 3.73. The maximum atomic E-state index is 12.9. The summed E-state index contributed by atoms with van der Waals surface area (Å²) in [5.41, 5.74) is 0.120. The number of carbonyl (C=O) groups excluding carboxylic acids is 2. The molecule has 2 atom stereocenters. The number of halogens is 1. The van der Waals surface area contributed by atoms with E-state index in [2.05, 4.69) is 5.32 Å². The quantitative estimate of drug-likeness (QED) is 0.313. The van der Waals surface area contributed by atoms with Crippen LogP contribution in [0.25, 0.3) is 0 Å². The van der Waals surface area contributed by atoms with Crippen LogP contribution in [0.1, 0.15) is 44.1 Å². The van der Waals surface area contributed by atoms with E-state index in [1.165, 1.54) is 19.2 Å². The molecule has 30 heavy (non-hydrogen) atoms. The van der Waals surface area contributed by atoms with Crippen molar-refractivity contribution >= 4 is 34.9 Å². The van der Waals surface area contributed by atoms with Gasteiger partial charge in [0.05, 0.1) is 17.4 Å². The Bertz CT molecular complexity index is 903. The van der Waals surface area contributed by atoms with Crippen molar-refractivity contribution in [3.05, 3.63) is 27.8 Å². The number of nitrogens with one attached hydrogen (secondary N) is 1. The Kier molecular flexibility index (Phi) is 5.16. The van der Waals surface area contributed by atoms with Crippen molar-refractivity contribution in [1.82, 2.24) is 0 Å².